The zero-order valence-corrected chi connectivity index (χ0v) is 19.4. The SMILES string of the molecule is CN=C(NCCOc1cccc(NC(C)=O)c1)NCc1ccc(Cl)cc1Cl.I. The van der Waals surface area contributed by atoms with Gasteiger partial charge >= 0.3 is 0 Å². The first-order valence-electron chi connectivity index (χ1n) is 8.37. The monoisotopic (exact) mass is 536 g/mol. The van der Waals surface area contributed by atoms with E-state index in [2.05, 4.69) is 20.9 Å². The second-order valence-electron chi connectivity index (χ2n) is 5.65. The van der Waals surface area contributed by atoms with Crippen LogP contribution in [0.1, 0.15) is 12.5 Å². The lowest BCUT2D eigenvalue weighted by atomic mass is 10.2. The summed E-state index contributed by atoms with van der Waals surface area (Å²) in [5.41, 5.74) is 1.63. The average Bonchev–Trinajstić information content (AvgIpc) is 2.62. The number of nitrogens with zero attached hydrogens (tertiary/aromatic N) is 1. The standard InChI is InChI=1S/C19H22Cl2N4O2.HI/c1-13(26)25-16-4-3-5-17(11-16)27-9-8-23-19(22-2)24-12-14-6-7-15(20)10-18(14)21;/h3-7,10-11H,8-9,12H2,1-2H3,(H,25,26)(H2,22,23,24);1H. The van der Waals surface area contributed by atoms with E-state index < -0.39 is 0 Å². The van der Waals surface area contributed by atoms with Gasteiger partial charge in [-0.3, -0.25) is 9.79 Å². The summed E-state index contributed by atoms with van der Waals surface area (Å²) in [5.74, 6) is 1.19. The van der Waals surface area contributed by atoms with Gasteiger partial charge in [-0.05, 0) is 29.8 Å². The molecule has 2 aromatic carbocycles. The van der Waals surface area contributed by atoms with Crippen LogP contribution in [0.3, 0.4) is 0 Å². The van der Waals surface area contributed by atoms with Crippen molar-refractivity contribution in [2.75, 3.05) is 25.5 Å². The number of carbonyl (C=O) groups is 1. The van der Waals surface area contributed by atoms with Gasteiger partial charge in [0.25, 0.3) is 0 Å². The lowest BCUT2D eigenvalue weighted by Gasteiger charge is -2.13. The molecule has 0 aliphatic heterocycles. The molecule has 6 nitrogen and oxygen atoms in total. The molecule has 0 fully saturated rings. The molecule has 0 aliphatic rings. The van der Waals surface area contributed by atoms with Crippen molar-refractivity contribution in [2.45, 2.75) is 13.5 Å². The van der Waals surface area contributed by atoms with E-state index in [0.717, 1.165) is 5.56 Å². The molecule has 0 heterocycles. The molecule has 3 N–H and O–H groups in total. The Morgan fingerprint density at radius 2 is 1.93 bits per heavy atom. The second kappa shape index (κ2) is 12.7. The number of guanidine groups is 1. The lowest BCUT2D eigenvalue weighted by Crippen LogP contribution is -2.38. The minimum atomic E-state index is -0.121. The van der Waals surface area contributed by atoms with E-state index in [1.165, 1.54) is 6.92 Å². The van der Waals surface area contributed by atoms with E-state index in [1.54, 1.807) is 31.3 Å². The smallest absolute Gasteiger partial charge is 0.221 e. The fraction of sp³-hybridized carbons (Fsp3) is 0.263. The van der Waals surface area contributed by atoms with Crippen molar-refractivity contribution in [3.8, 4) is 5.75 Å². The Hall–Kier alpha value is -1.71. The van der Waals surface area contributed by atoms with Gasteiger partial charge < -0.3 is 20.7 Å². The maximum absolute atomic E-state index is 11.1. The molecule has 0 aromatic heterocycles. The number of ether oxygens (including phenoxy) is 1. The first kappa shape index (κ1) is 24.3. The largest absolute Gasteiger partial charge is 0.492 e. The van der Waals surface area contributed by atoms with Crippen molar-refractivity contribution < 1.29 is 9.53 Å². The first-order chi connectivity index (χ1) is 13.0. The third-order valence-corrected chi connectivity index (χ3v) is 4.09. The summed E-state index contributed by atoms with van der Waals surface area (Å²) in [6.07, 6.45) is 0. The van der Waals surface area contributed by atoms with Gasteiger partial charge in [0.15, 0.2) is 5.96 Å². The molecule has 0 unspecified atom stereocenters. The van der Waals surface area contributed by atoms with Gasteiger partial charge in [-0.25, -0.2) is 0 Å². The van der Waals surface area contributed by atoms with E-state index >= 15 is 0 Å². The van der Waals surface area contributed by atoms with Crippen LogP contribution >= 0.6 is 47.2 Å². The molecule has 0 saturated carbocycles. The van der Waals surface area contributed by atoms with E-state index in [9.17, 15) is 4.79 Å². The van der Waals surface area contributed by atoms with Crippen LogP contribution in [0.4, 0.5) is 5.69 Å². The minimum absolute atomic E-state index is 0. The number of amides is 1. The van der Waals surface area contributed by atoms with Crippen LogP contribution in [0.15, 0.2) is 47.5 Å². The van der Waals surface area contributed by atoms with Crippen LogP contribution in [0, 0.1) is 0 Å². The molecule has 0 spiro atoms. The highest BCUT2D eigenvalue weighted by atomic mass is 127. The van der Waals surface area contributed by atoms with Gasteiger partial charge in [0, 0.05) is 42.3 Å². The van der Waals surface area contributed by atoms with Crippen LogP contribution in [0.2, 0.25) is 10.0 Å². The molecule has 9 heteroatoms. The number of hydrogen-bond acceptors (Lipinski definition) is 3. The minimum Gasteiger partial charge on any atom is -0.492 e. The normalized spacial score (nSPS) is 10.6. The highest BCUT2D eigenvalue weighted by Crippen LogP contribution is 2.20. The van der Waals surface area contributed by atoms with Gasteiger partial charge in [-0.1, -0.05) is 35.3 Å². The Labute approximate surface area is 192 Å². The van der Waals surface area contributed by atoms with E-state index in [1.807, 2.05) is 18.2 Å². The summed E-state index contributed by atoms with van der Waals surface area (Å²) < 4.78 is 5.69. The number of carbonyl (C=O) groups excluding carboxylic acids is 1. The maximum atomic E-state index is 11.1. The molecule has 2 rings (SSSR count). The van der Waals surface area contributed by atoms with Crippen molar-refractivity contribution in [1.29, 1.82) is 0 Å². The molecule has 28 heavy (non-hydrogen) atoms. The maximum Gasteiger partial charge on any atom is 0.221 e. The van der Waals surface area contributed by atoms with Gasteiger partial charge in [0.05, 0.1) is 6.54 Å². The summed E-state index contributed by atoms with van der Waals surface area (Å²) in [7, 11) is 1.69. The summed E-state index contributed by atoms with van der Waals surface area (Å²) >= 11 is 12.1. The van der Waals surface area contributed by atoms with Crippen LogP contribution in [-0.2, 0) is 11.3 Å². The Kier molecular flexibility index (Phi) is 11.0. The molecule has 1 amide bonds. The van der Waals surface area contributed by atoms with Gasteiger partial charge in [-0.15, -0.1) is 24.0 Å². The molecular weight excluding hydrogens is 514 g/mol. The predicted octanol–water partition coefficient (Wildman–Crippen LogP) is 4.31. The third-order valence-electron chi connectivity index (χ3n) is 3.50. The zero-order valence-electron chi connectivity index (χ0n) is 15.6. The van der Waals surface area contributed by atoms with Gasteiger partial charge in [-0.2, -0.15) is 0 Å². The average molecular weight is 537 g/mol. The zero-order chi connectivity index (χ0) is 19.6. The molecule has 0 aliphatic carbocycles. The van der Waals surface area contributed by atoms with Crippen molar-refractivity contribution in [2.24, 2.45) is 4.99 Å². The van der Waals surface area contributed by atoms with E-state index in [-0.39, 0.29) is 29.9 Å². The van der Waals surface area contributed by atoms with Gasteiger partial charge in [0.1, 0.15) is 12.4 Å². The van der Waals surface area contributed by atoms with Crippen molar-refractivity contribution in [3.05, 3.63) is 58.1 Å². The fourth-order valence-corrected chi connectivity index (χ4v) is 2.75. The van der Waals surface area contributed by atoms with Crippen molar-refractivity contribution >= 4 is 64.7 Å². The molecule has 0 bridgehead atoms. The van der Waals surface area contributed by atoms with Crippen LogP contribution in [0.25, 0.3) is 0 Å². The number of aliphatic imine (C=N–C) groups is 1. The van der Waals surface area contributed by atoms with Crippen LogP contribution in [0.5, 0.6) is 5.75 Å². The summed E-state index contributed by atoms with van der Waals surface area (Å²) in [4.78, 5) is 15.3. The number of rotatable bonds is 7. The van der Waals surface area contributed by atoms with Crippen molar-refractivity contribution in [3.63, 3.8) is 0 Å². The third kappa shape index (κ3) is 8.53. The summed E-state index contributed by atoms with van der Waals surface area (Å²) in [6.45, 7) is 2.98. The second-order valence-corrected chi connectivity index (χ2v) is 6.49. The fourth-order valence-electron chi connectivity index (χ4n) is 2.27. The molecule has 0 atom stereocenters. The van der Waals surface area contributed by atoms with E-state index in [4.69, 9.17) is 27.9 Å². The molecule has 2 aromatic rings. The van der Waals surface area contributed by atoms with Crippen molar-refractivity contribution in [1.82, 2.24) is 10.6 Å². The molecular formula is C19H23Cl2IN4O2. The highest BCUT2D eigenvalue weighted by Gasteiger charge is 2.04. The molecule has 152 valence electrons. The van der Waals surface area contributed by atoms with Crippen LogP contribution < -0.4 is 20.7 Å². The quantitative estimate of drug-likeness (QED) is 0.213. The number of nitrogens with one attached hydrogen (secondary N) is 3. The molecule has 0 saturated heterocycles. The highest BCUT2D eigenvalue weighted by molar-refractivity contribution is 14.0. The van der Waals surface area contributed by atoms with Crippen LogP contribution in [-0.4, -0.2) is 32.1 Å². The van der Waals surface area contributed by atoms with E-state index in [0.29, 0.717) is 47.1 Å². The topological polar surface area (TPSA) is 74.8 Å². The Morgan fingerprint density at radius 1 is 1.14 bits per heavy atom. The Balaban J connectivity index is 0.00000392. The lowest BCUT2D eigenvalue weighted by molar-refractivity contribution is -0.114. The number of anilines is 1. The predicted molar refractivity (Wildman–Crippen MR) is 126 cm³/mol. The number of hydrogen-bond donors (Lipinski definition) is 3. The summed E-state index contributed by atoms with van der Waals surface area (Å²) in [6, 6.07) is 12.6. The first-order valence-corrected chi connectivity index (χ1v) is 9.12. The Morgan fingerprint density at radius 3 is 2.61 bits per heavy atom. The van der Waals surface area contributed by atoms with Gasteiger partial charge in [0.2, 0.25) is 5.91 Å². The molecule has 0 radical (unpaired) electrons. The number of halogens is 3. The summed E-state index contributed by atoms with van der Waals surface area (Å²) in [5, 5.41) is 10.3. The number of benzene rings is 2. The Bertz CT molecular complexity index is 818.